The van der Waals surface area contributed by atoms with Crippen LogP contribution in [-0.2, 0) is 13.1 Å². The number of benzene rings is 1. The Bertz CT molecular complexity index is 510. The molecule has 1 aromatic carbocycles. The number of rotatable bonds is 4. The number of aromatic nitrogens is 1. The minimum absolute atomic E-state index is 0.605. The molecule has 5 heteroatoms. The lowest BCUT2D eigenvalue weighted by atomic mass is 10.2. The van der Waals surface area contributed by atoms with Crippen LogP contribution in [-0.4, -0.2) is 4.98 Å². The normalized spacial score (nSPS) is 10.7. The molecule has 90 valence electrons. The maximum atomic E-state index is 5.95. The SMILES string of the molecule is Cc1nc(CNCc2ccc(N)c(Cl)c2)cs1. The number of nitrogen functional groups attached to an aromatic ring is 1. The maximum absolute atomic E-state index is 5.95. The topological polar surface area (TPSA) is 50.9 Å². The van der Waals surface area contributed by atoms with Crippen LogP contribution in [0.1, 0.15) is 16.3 Å². The fraction of sp³-hybridized carbons (Fsp3) is 0.250. The highest BCUT2D eigenvalue weighted by atomic mass is 35.5. The predicted molar refractivity (Wildman–Crippen MR) is 73.3 cm³/mol. The molecule has 0 atom stereocenters. The summed E-state index contributed by atoms with van der Waals surface area (Å²) in [5.41, 5.74) is 8.47. The molecule has 1 aromatic heterocycles. The molecule has 17 heavy (non-hydrogen) atoms. The number of hydrogen-bond donors (Lipinski definition) is 2. The first-order valence-corrected chi connectivity index (χ1v) is 6.56. The first kappa shape index (κ1) is 12.4. The van der Waals surface area contributed by atoms with Gasteiger partial charge in [-0.3, -0.25) is 0 Å². The van der Waals surface area contributed by atoms with E-state index in [2.05, 4.69) is 15.7 Å². The summed E-state index contributed by atoms with van der Waals surface area (Å²) in [7, 11) is 0. The highest BCUT2D eigenvalue weighted by Crippen LogP contribution is 2.19. The van der Waals surface area contributed by atoms with Crippen LogP contribution in [0.25, 0.3) is 0 Å². The summed E-state index contributed by atoms with van der Waals surface area (Å²) in [6.07, 6.45) is 0. The van der Waals surface area contributed by atoms with E-state index in [0.717, 1.165) is 29.4 Å². The highest BCUT2D eigenvalue weighted by Gasteiger charge is 2.00. The van der Waals surface area contributed by atoms with Crippen molar-refractivity contribution in [2.24, 2.45) is 0 Å². The van der Waals surface area contributed by atoms with E-state index in [1.54, 1.807) is 11.3 Å². The number of aryl methyl sites for hydroxylation is 1. The van der Waals surface area contributed by atoms with Crippen LogP contribution < -0.4 is 11.1 Å². The zero-order valence-corrected chi connectivity index (χ0v) is 11.1. The van der Waals surface area contributed by atoms with Gasteiger partial charge in [0, 0.05) is 18.5 Å². The van der Waals surface area contributed by atoms with Crippen molar-refractivity contribution in [2.45, 2.75) is 20.0 Å². The van der Waals surface area contributed by atoms with E-state index in [0.29, 0.717) is 10.7 Å². The Morgan fingerprint density at radius 1 is 1.41 bits per heavy atom. The minimum Gasteiger partial charge on any atom is -0.398 e. The monoisotopic (exact) mass is 267 g/mol. The fourth-order valence-corrected chi connectivity index (χ4v) is 2.32. The number of halogens is 1. The zero-order valence-electron chi connectivity index (χ0n) is 9.53. The first-order valence-electron chi connectivity index (χ1n) is 5.31. The molecule has 0 fully saturated rings. The number of nitrogens with two attached hydrogens (primary N) is 1. The molecule has 3 N–H and O–H groups in total. The van der Waals surface area contributed by atoms with E-state index in [4.69, 9.17) is 17.3 Å². The van der Waals surface area contributed by atoms with E-state index in [1.807, 2.05) is 25.1 Å². The van der Waals surface area contributed by atoms with Crippen LogP contribution >= 0.6 is 22.9 Å². The van der Waals surface area contributed by atoms with Gasteiger partial charge >= 0.3 is 0 Å². The van der Waals surface area contributed by atoms with Gasteiger partial charge in [-0.25, -0.2) is 4.98 Å². The molecule has 0 saturated heterocycles. The second kappa shape index (κ2) is 5.49. The Hall–Kier alpha value is -1.10. The van der Waals surface area contributed by atoms with E-state index >= 15 is 0 Å². The van der Waals surface area contributed by atoms with Gasteiger partial charge in [-0.1, -0.05) is 17.7 Å². The summed E-state index contributed by atoms with van der Waals surface area (Å²) < 4.78 is 0. The van der Waals surface area contributed by atoms with Crippen molar-refractivity contribution in [3.8, 4) is 0 Å². The molecule has 0 unspecified atom stereocenters. The maximum Gasteiger partial charge on any atom is 0.0897 e. The van der Waals surface area contributed by atoms with Gasteiger partial charge < -0.3 is 11.1 Å². The van der Waals surface area contributed by atoms with Gasteiger partial charge in [0.05, 0.1) is 21.4 Å². The quantitative estimate of drug-likeness (QED) is 0.838. The summed E-state index contributed by atoms with van der Waals surface area (Å²) >= 11 is 7.62. The van der Waals surface area contributed by atoms with Gasteiger partial charge in [0.15, 0.2) is 0 Å². The number of hydrogen-bond acceptors (Lipinski definition) is 4. The van der Waals surface area contributed by atoms with E-state index in [1.165, 1.54) is 0 Å². The second-order valence-electron chi connectivity index (χ2n) is 3.82. The minimum atomic E-state index is 0.605. The Morgan fingerprint density at radius 2 is 2.24 bits per heavy atom. The van der Waals surface area contributed by atoms with Gasteiger partial charge in [-0.05, 0) is 24.6 Å². The van der Waals surface area contributed by atoms with E-state index in [-0.39, 0.29) is 0 Å². The molecule has 0 bridgehead atoms. The van der Waals surface area contributed by atoms with Gasteiger partial charge in [0.1, 0.15) is 0 Å². The highest BCUT2D eigenvalue weighted by molar-refractivity contribution is 7.09. The van der Waals surface area contributed by atoms with Gasteiger partial charge in [0.2, 0.25) is 0 Å². The Kier molecular flexibility index (Phi) is 3.99. The van der Waals surface area contributed by atoms with Gasteiger partial charge in [-0.15, -0.1) is 11.3 Å². The molecular weight excluding hydrogens is 254 g/mol. The summed E-state index contributed by atoms with van der Waals surface area (Å²) in [5, 5.41) is 7.09. The summed E-state index contributed by atoms with van der Waals surface area (Å²) in [4.78, 5) is 4.38. The van der Waals surface area contributed by atoms with Crippen molar-refractivity contribution in [1.82, 2.24) is 10.3 Å². The smallest absolute Gasteiger partial charge is 0.0897 e. The first-order chi connectivity index (χ1) is 8.15. The lowest BCUT2D eigenvalue weighted by Gasteiger charge is -2.05. The molecule has 0 aliphatic carbocycles. The predicted octanol–water partition coefficient (Wildman–Crippen LogP) is 2.98. The molecule has 2 aromatic rings. The van der Waals surface area contributed by atoms with E-state index in [9.17, 15) is 0 Å². The van der Waals surface area contributed by atoms with Crippen molar-refractivity contribution in [2.75, 3.05) is 5.73 Å². The average molecular weight is 268 g/mol. The molecule has 0 amide bonds. The molecular formula is C12H14ClN3S. The van der Waals surface area contributed by atoms with Crippen LogP contribution in [0.4, 0.5) is 5.69 Å². The number of nitrogens with zero attached hydrogens (tertiary/aromatic N) is 1. The molecule has 0 aliphatic rings. The Labute approximate surface area is 110 Å². The van der Waals surface area contributed by atoms with Crippen LogP contribution in [0.5, 0.6) is 0 Å². The van der Waals surface area contributed by atoms with E-state index < -0.39 is 0 Å². The van der Waals surface area contributed by atoms with Crippen LogP contribution in [0.3, 0.4) is 0 Å². The molecule has 0 radical (unpaired) electrons. The van der Waals surface area contributed by atoms with Crippen molar-refractivity contribution in [3.63, 3.8) is 0 Å². The summed E-state index contributed by atoms with van der Waals surface area (Å²) in [6, 6.07) is 5.68. The third-order valence-corrected chi connectivity index (χ3v) is 3.52. The summed E-state index contributed by atoms with van der Waals surface area (Å²) in [5.74, 6) is 0. The van der Waals surface area contributed by atoms with Crippen LogP contribution in [0.15, 0.2) is 23.6 Å². The third kappa shape index (κ3) is 3.43. The van der Waals surface area contributed by atoms with Gasteiger partial charge in [0.25, 0.3) is 0 Å². The third-order valence-electron chi connectivity index (χ3n) is 2.37. The van der Waals surface area contributed by atoms with Crippen molar-refractivity contribution in [1.29, 1.82) is 0 Å². The molecule has 2 rings (SSSR count). The average Bonchev–Trinajstić information content (AvgIpc) is 2.70. The number of thiazole rings is 1. The largest absolute Gasteiger partial charge is 0.398 e. The molecule has 0 saturated carbocycles. The van der Waals surface area contributed by atoms with Crippen LogP contribution in [0.2, 0.25) is 5.02 Å². The second-order valence-corrected chi connectivity index (χ2v) is 5.29. The lowest BCUT2D eigenvalue weighted by Crippen LogP contribution is -2.13. The molecule has 0 spiro atoms. The Morgan fingerprint density at radius 3 is 2.88 bits per heavy atom. The molecule has 1 heterocycles. The number of nitrogens with one attached hydrogen (secondary N) is 1. The zero-order chi connectivity index (χ0) is 12.3. The Balaban J connectivity index is 1.87. The van der Waals surface area contributed by atoms with Crippen molar-refractivity contribution in [3.05, 3.63) is 44.9 Å². The van der Waals surface area contributed by atoms with Crippen LogP contribution in [0, 0.1) is 6.92 Å². The number of anilines is 1. The summed E-state index contributed by atoms with van der Waals surface area (Å²) in [6.45, 7) is 3.54. The van der Waals surface area contributed by atoms with Crippen molar-refractivity contribution < 1.29 is 0 Å². The standard InChI is InChI=1S/C12H14ClN3S/c1-8-16-10(7-17-8)6-15-5-9-2-3-12(14)11(13)4-9/h2-4,7,15H,5-6,14H2,1H3. The molecule has 0 aliphatic heterocycles. The molecule has 3 nitrogen and oxygen atoms in total. The lowest BCUT2D eigenvalue weighted by molar-refractivity contribution is 0.682. The fourth-order valence-electron chi connectivity index (χ4n) is 1.50. The van der Waals surface area contributed by atoms with Gasteiger partial charge in [-0.2, -0.15) is 0 Å². The van der Waals surface area contributed by atoms with Crippen molar-refractivity contribution >= 4 is 28.6 Å².